The number of aliphatic hydroxyl groups is 1. The first-order chi connectivity index (χ1) is 12.1. The lowest BCUT2D eigenvalue weighted by atomic mass is 9.78. The molecule has 3 N–H and O–H groups in total. The number of Topliss-reactive ketones (excluding diaryl/α,β-unsaturated/α-hetero) is 1. The van der Waals surface area contributed by atoms with Gasteiger partial charge in [-0.05, 0) is 23.1 Å². The van der Waals surface area contributed by atoms with E-state index < -0.39 is 35.7 Å². The molecule has 1 fully saturated rings. The van der Waals surface area contributed by atoms with Gasteiger partial charge in [-0.3, -0.25) is 4.79 Å². The normalized spacial score (nSPS) is 26.1. The number of halogens is 4. The van der Waals surface area contributed by atoms with Gasteiger partial charge in [-0.2, -0.15) is 13.2 Å². The number of thiophene rings is 1. The Morgan fingerprint density at radius 2 is 1.92 bits per heavy atom. The van der Waals surface area contributed by atoms with Crippen LogP contribution >= 0.6 is 22.9 Å². The molecule has 0 saturated carbocycles. The highest BCUT2D eigenvalue weighted by Crippen LogP contribution is 2.45. The molecule has 2 aromatic rings. The molecule has 1 aliphatic heterocycles. The summed E-state index contributed by atoms with van der Waals surface area (Å²) in [5.41, 5.74) is -3.65. The number of amides is 2. The first-order valence-electron chi connectivity index (χ1n) is 7.35. The van der Waals surface area contributed by atoms with E-state index in [1.54, 1.807) is 6.07 Å². The predicted octanol–water partition coefficient (Wildman–Crippen LogP) is 3.51. The topological polar surface area (TPSA) is 78.4 Å². The molecule has 1 aliphatic rings. The van der Waals surface area contributed by atoms with Gasteiger partial charge < -0.3 is 15.7 Å². The zero-order valence-corrected chi connectivity index (χ0v) is 14.5. The minimum absolute atomic E-state index is 0.0210. The highest BCUT2D eigenvalue weighted by molar-refractivity contribution is 7.12. The number of benzene rings is 1. The van der Waals surface area contributed by atoms with E-state index in [0.717, 1.165) is 11.3 Å². The summed E-state index contributed by atoms with van der Waals surface area (Å²) < 4.78 is 41.0. The van der Waals surface area contributed by atoms with Crippen molar-refractivity contribution in [2.45, 2.75) is 17.9 Å². The molecular weight excluding hydrogens is 393 g/mol. The minimum atomic E-state index is -5.29. The van der Waals surface area contributed by atoms with Gasteiger partial charge in [0.2, 0.25) is 5.72 Å². The Kier molecular flexibility index (Phi) is 4.72. The van der Waals surface area contributed by atoms with Gasteiger partial charge in [-0.1, -0.05) is 35.9 Å². The molecule has 2 amide bonds. The number of carbonyl (C=O) groups is 2. The Labute approximate surface area is 154 Å². The van der Waals surface area contributed by atoms with Crippen molar-refractivity contribution in [1.82, 2.24) is 10.6 Å². The predicted molar refractivity (Wildman–Crippen MR) is 89.0 cm³/mol. The molecule has 0 aliphatic carbocycles. The van der Waals surface area contributed by atoms with Crippen molar-refractivity contribution in [2.24, 2.45) is 5.92 Å². The van der Waals surface area contributed by atoms with Crippen LogP contribution in [-0.2, 0) is 0 Å². The average Bonchev–Trinajstić information content (AvgIpc) is 3.07. The van der Waals surface area contributed by atoms with Crippen molar-refractivity contribution in [3.05, 3.63) is 57.2 Å². The van der Waals surface area contributed by atoms with E-state index in [2.05, 4.69) is 5.32 Å². The van der Waals surface area contributed by atoms with Crippen LogP contribution in [0.3, 0.4) is 0 Å². The fourth-order valence-electron chi connectivity index (χ4n) is 2.90. The standard InChI is InChI=1S/C16H12ClF3N2O3S/c17-9-5-2-1-4-8(9)12-11(13(23)10-6-3-7-26-10)15(25,16(18,19)20)22-14(24)21-12/h1-7,11-12,25H,(H2,21,22,24)/t11-,12+,15-/m0/s1. The lowest BCUT2D eigenvalue weighted by Gasteiger charge is -2.45. The van der Waals surface area contributed by atoms with Gasteiger partial charge in [0.05, 0.1) is 10.9 Å². The Hall–Kier alpha value is -2.10. The summed E-state index contributed by atoms with van der Waals surface area (Å²) in [7, 11) is 0. The summed E-state index contributed by atoms with van der Waals surface area (Å²) in [6, 6.07) is 6.00. The van der Waals surface area contributed by atoms with Gasteiger partial charge in [-0.15, -0.1) is 11.3 Å². The average molecular weight is 405 g/mol. The number of ketones is 1. The van der Waals surface area contributed by atoms with Crippen LogP contribution in [0.15, 0.2) is 41.8 Å². The van der Waals surface area contributed by atoms with Gasteiger partial charge in [0, 0.05) is 5.02 Å². The summed E-state index contributed by atoms with van der Waals surface area (Å²) >= 11 is 7.00. The van der Waals surface area contributed by atoms with Crippen LogP contribution < -0.4 is 10.6 Å². The molecule has 1 aromatic heterocycles. The number of carbonyl (C=O) groups excluding carboxylic acids is 2. The first-order valence-corrected chi connectivity index (χ1v) is 8.61. The molecule has 0 unspecified atom stereocenters. The van der Waals surface area contributed by atoms with E-state index in [1.807, 2.05) is 0 Å². The molecule has 5 nitrogen and oxygen atoms in total. The summed E-state index contributed by atoms with van der Waals surface area (Å²) in [5, 5.41) is 15.7. The third-order valence-electron chi connectivity index (χ3n) is 4.09. The Morgan fingerprint density at radius 3 is 2.50 bits per heavy atom. The van der Waals surface area contributed by atoms with Crippen LogP contribution in [0.1, 0.15) is 21.3 Å². The summed E-state index contributed by atoms with van der Waals surface area (Å²) in [5.74, 6) is -3.03. The van der Waals surface area contributed by atoms with Crippen LogP contribution in [0, 0.1) is 5.92 Å². The largest absolute Gasteiger partial charge is 0.437 e. The maximum atomic E-state index is 13.7. The van der Waals surface area contributed by atoms with Crippen molar-refractivity contribution in [1.29, 1.82) is 0 Å². The lowest BCUT2D eigenvalue weighted by Crippen LogP contribution is -2.72. The second-order valence-corrected chi connectivity index (χ2v) is 7.04. The molecule has 3 atom stereocenters. The van der Waals surface area contributed by atoms with E-state index in [0.29, 0.717) is 0 Å². The monoisotopic (exact) mass is 404 g/mol. The smallest absolute Gasteiger partial charge is 0.363 e. The second-order valence-electron chi connectivity index (χ2n) is 5.68. The molecule has 3 rings (SSSR count). The van der Waals surface area contributed by atoms with Crippen molar-refractivity contribution in [3.63, 3.8) is 0 Å². The molecule has 0 spiro atoms. The molecule has 0 bridgehead atoms. The second kappa shape index (κ2) is 6.57. The van der Waals surface area contributed by atoms with Crippen molar-refractivity contribution >= 4 is 34.8 Å². The van der Waals surface area contributed by atoms with Crippen LogP contribution in [-0.4, -0.2) is 28.8 Å². The molecular formula is C16H12ClF3N2O3S. The van der Waals surface area contributed by atoms with Gasteiger partial charge in [0.1, 0.15) is 5.92 Å². The van der Waals surface area contributed by atoms with Crippen molar-refractivity contribution < 1.29 is 27.9 Å². The lowest BCUT2D eigenvalue weighted by molar-refractivity contribution is -0.287. The SMILES string of the molecule is O=C1N[C@H](c2ccccc2Cl)[C@@H](C(=O)c2cccs2)[C@](O)(C(F)(F)F)N1. The minimum Gasteiger partial charge on any atom is -0.363 e. The fraction of sp³-hybridized carbons (Fsp3) is 0.250. The number of alkyl halides is 3. The zero-order chi connectivity index (χ0) is 19.1. The highest BCUT2D eigenvalue weighted by atomic mass is 35.5. The molecule has 1 saturated heterocycles. The molecule has 26 heavy (non-hydrogen) atoms. The summed E-state index contributed by atoms with van der Waals surface area (Å²) in [4.78, 5) is 24.7. The Bertz CT molecular complexity index is 844. The third kappa shape index (κ3) is 3.06. The van der Waals surface area contributed by atoms with Gasteiger partial charge in [-0.25, -0.2) is 4.79 Å². The maximum Gasteiger partial charge on any atom is 0.437 e. The number of hydrogen-bond acceptors (Lipinski definition) is 4. The van der Waals surface area contributed by atoms with Crippen LogP contribution in [0.25, 0.3) is 0 Å². The summed E-state index contributed by atoms with van der Waals surface area (Å²) in [6.45, 7) is 0. The van der Waals surface area contributed by atoms with Crippen molar-refractivity contribution in [2.75, 3.05) is 0 Å². The van der Waals surface area contributed by atoms with E-state index in [1.165, 1.54) is 41.0 Å². The van der Waals surface area contributed by atoms with Crippen LogP contribution in [0.2, 0.25) is 5.02 Å². The molecule has 2 heterocycles. The Morgan fingerprint density at radius 1 is 1.23 bits per heavy atom. The molecule has 0 radical (unpaired) electrons. The maximum absolute atomic E-state index is 13.7. The quantitative estimate of drug-likeness (QED) is 0.685. The molecule has 138 valence electrons. The molecule has 1 aromatic carbocycles. The first kappa shape index (κ1) is 18.7. The van der Waals surface area contributed by atoms with Crippen LogP contribution in [0.5, 0.6) is 0 Å². The Balaban J connectivity index is 2.18. The third-order valence-corrected chi connectivity index (χ3v) is 5.32. The van der Waals surface area contributed by atoms with Gasteiger partial charge in [0.25, 0.3) is 0 Å². The van der Waals surface area contributed by atoms with Gasteiger partial charge in [0.15, 0.2) is 5.78 Å². The fourth-order valence-corrected chi connectivity index (χ4v) is 3.85. The van der Waals surface area contributed by atoms with Crippen LogP contribution in [0.4, 0.5) is 18.0 Å². The number of rotatable bonds is 3. The van der Waals surface area contributed by atoms with E-state index in [-0.39, 0.29) is 15.5 Å². The van der Waals surface area contributed by atoms with Crippen molar-refractivity contribution in [3.8, 4) is 0 Å². The summed E-state index contributed by atoms with van der Waals surface area (Å²) in [6.07, 6.45) is -5.29. The van der Waals surface area contributed by atoms with E-state index in [4.69, 9.17) is 11.6 Å². The highest BCUT2D eigenvalue weighted by Gasteiger charge is 2.66. The number of urea groups is 1. The molecule has 10 heteroatoms. The van der Waals surface area contributed by atoms with Gasteiger partial charge >= 0.3 is 12.2 Å². The zero-order valence-electron chi connectivity index (χ0n) is 12.9. The van der Waals surface area contributed by atoms with E-state index >= 15 is 0 Å². The van der Waals surface area contributed by atoms with E-state index in [9.17, 15) is 27.9 Å². The number of nitrogens with one attached hydrogen (secondary N) is 2. The number of hydrogen-bond donors (Lipinski definition) is 3.